The molecule has 3 rings (SSSR count). The number of nitro groups is 1. The first kappa shape index (κ1) is 57.8. The quantitative estimate of drug-likeness (QED) is 0.0106. The minimum atomic E-state index is -2.63. The Bertz CT molecular complexity index is 1800. The third kappa shape index (κ3) is 16.3. The molecule has 2 aliphatic heterocycles. The van der Waals surface area contributed by atoms with E-state index in [1.807, 2.05) is 78.8 Å². The Labute approximate surface area is 401 Å². The highest BCUT2D eigenvalue weighted by molar-refractivity contribution is 6.75. The van der Waals surface area contributed by atoms with Crippen molar-refractivity contribution < 1.29 is 61.9 Å². The van der Waals surface area contributed by atoms with Crippen LogP contribution < -0.4 is 4.74 Å². The number of hydrogen-bond acceptors (Lipinski definition) is 13. The molecule has 67 heavy (non-hydrogen) atoms. The maximum Gasteiger partial charge on any atom is 0.323 e. The van der Waals surface area contributed by atoms with Gasteiger partial charge in [-0.05, 0) is 109 Å². The summed E-state index contributed by atoms with van der Waals surface area (Å²) in [6.45, 7) is 28.4. The maximum atomic E-state index is 14.6. The molecular weight excluding hydrogens is 879 g/mol. The van der Waals surface area contributed by atoms with Gasteiger partial charge in [-0.15, -0.1) is 0 Å². The van der Waals surface area contributed by atoms with E-state index in [2.05, 4.69) is 41.5 Å². The molecular formula is C51H83NO14Si. The topological polar surface area (TPSA) is 184 Å². The molecule has 13 atom stereocenters. The number of carbonyl (C=O) groups excluding carboxylic acids is 1. The zero-order chi connectivity index (χ0) is 50.3. The van der Waals surface area contributed by atoms with Crippen LogP contribution in [0.3, 0.4) is 0 Å². The van der Waals surface area contributed by atoms with E-state index in [0.717, 1.165) is 6.42 Å². The fraction of sp³-hybridized carbons (Fsp3) is 0.725. The number of aliphatic carboxylic acids is 1. The molecule has 2 heterocycles. The summed E-state index contributed by atoms with van der Waals surface area (Å²) in [6.07, 6.45) is 7.06. The van der Waals surface area contributed by atoms with Gasteiger partial charge in [-0.25, -0.2) is 0 Å². The maximum absolute atomic E-state index is 14.6. The van der Waals surface area contributed by atoms with Gasteiger partial charge in [0, 0.05) is 50.7 Å². The molecule has 1 N–H and O–H groups in total. The molecule has 0 aliphatic carbocycles. The average molecular weight is 962 g/mol. The van der Waals surface area contributed by atoms with Crippen molar-refractivity contribution in [2.75, 3.05) is 20.3 Å². The number of cyclic esters (lactones) is 1. The molecule has 2 aliphatic rings. The lowest BCUT2D eigenvalue weighted by Gasteiger charge is -2.42. The summed E-state index contributed by atoms with van der Waals surface area (Å²) in [5.41, 5.74) is -1.34. The Kier molecular flexibility index (Phi) is 22.9. The molecule has 1 saturated heterocycles. The van der Waals surface area contributed by atoms with Crippen LogP contribution in [0, 0.1) is 27.9 Å². The van der Waals surface area contributed by atoms with Crippen LogP contribution in [-0.2, 0) is 47.2 Å². The number of esters is 1. The van der Waals surface area contributed by atoms with Crippen molar-refractivity contribution >= 4 is 25.9 Å². The second-order valence-corrected chi connectivity index (χ2v) is 23.8. The lowest BCUT2D eigenvalue weighted by Crippen LogP contribution is -2.52. The summed E-state index contributed by atoms with van der Waals surface area (Å²) in [5.74, 6) is -3.89. The number of allylic oxidation sites excluding steroid dienone is 2. The highest BCUT2D eigenvalue weighted by Crippen LogP contribution is 2.41. The number of epoxide rings is 1. The van der Waals surface area contributed by atoms with Crippen molar-refractivity contribution in [3.8, 4) is 5.75 Å². The number of carboxylic acids is 1. The van der Waals surface area contributed by atoms with Crippen molar-refractivity contribution in [2.24, 2.45) is 17.8 Å². The van der Waals surface area contributed by atoms with Gasteiger partial charge < -0.3 is 47.4 Å². The molecule has 0 radical (unpaired) electrons. The Balaban J connectivity index is 2.22. The molecule has 1 aromatic rings. The predicted molar refractivity (Wildman–Crippen MR) is 260 cm³/mol. The average Bonchev–Trinajstić information content (AvgIpc) is 4.03. The number of carboxylic acid groups (broad SMARTS) is 1. The van der Waals surface area contributed by atoms with Crippen LogP contribution in [0.4, 0.5) is 5.69 Å². The molecule has 0 amide bonds. The van der Waals surface area contributed by atoms with E-state index in [4.69, 9.17) is 42.3 Å². The highest BCUT2D eigenvalue weighted by Gasteiger charge is 2.50. The van der Waals surface area contributed by atoms with Gasteiger partial charge in [-0.2, -0.15) is 0 Å². The number of carbonyl (C=O) groups is 2. The minimum Gasteiger partial charge on any atom is -0.483 e. The number of non-ortho nitro benzene ring substituents is 1. The Morgan fingerprint density at radius 1 is 1.03 bits per heavy atom. The first-order chi connectivity index (χ1) is 31.6. The van der Waals surface area contributed by atoms with Crippen LogP contribution in [0.2, 0.25) is 17.6 Å². The van der Waals surface area contributed by atoms with Crippen LogP contribution in [0.15, 0.2) is 60.2 Å². The monoisotopic (exact) mass is 962 g/mol. The molecule has 15 nitrogen and oxygen atoms in total. The molecule has 0 aromatic heterocycles. The first-order valence-electron chi connectivity index (χ1n) is 24.4. The zero-order valence-corrected chi connectivity index (χ0v) is 44.0. The third-order valence-corrected chi connectivity index (χ3v) is 18.9. The molecule has 0 saturated carbocycles. The van der Waals surface area contributed by atoms with Crippen molar-refractivity contribution in [3.05, 3.63) is 70.3 Å². The summed E-state index contributed by atoms with van der Waals surface area (Å²) < 4.78 is 56.9. The van der Waals surface area contributed by atoms with Gasteiger partial charge in [-0.1, -0.05) is 72.8 Å². The van der Waals surface area contributed by atoms with Crippen molar-refractivity contribution in [1.82, 2.24) is 0 Å². The Morgan fingerprint density at radius 2 is 1.66 bits per heavy atom. The third-order valence-electron chi connectivity index (χ3n) is 13.6. The van der Waals surface area contributed by atoms with Crippen molar-refractivity contribution in [3.63, 3.8) is 0 Å². The number of benzene rings is 1. The number of methoxy groups -OCH3 is 1. The van der Waals surface area contributed by atoms with Gasteiger partial charge in [0.15, 0.2) is 26.8 Å². The zero-order valence-electron chi connectivity index (χ0n) is 43.0. The summed E-state index contributed by atoms with van der Waals surface area (Å²) in [4.78, 5) is 39.1. The number of nitrogens with zero attached hydrogens (tertiary/aromatic N) is 1. The number of ether oxygens (including phenoxy) is 8. The fourth-order valence-corrected chi connectivity index (χ4v) is 13.1. The van der Waals surface area contributed by atoms with E-state index in [0.29, 0.717) is 43.0 Å². The lowest BCUT2D eigenvalue weighted by molar-refractivity contribution is -0.384. The van der Waals surface area contributed by atoms with E-state index >= 15 is 0 Å². The summed E-state index contributed by atoms with van der Waals surface area (Å²) in [7, 11) is -0.902. The molecule has 0 spiro atoms. The van der Waals surface area contributed by atoms with E-state index in [1.54, 1.807) is 14.0 Å². The van der Waals surface area contributed by atoms with Crippen LogP contribution >= 0.6 is 0 Å². The van der Waals surface area contributed by atoms with Gasteiger partial charge in [-0.3, -0.25) is 19.7 Å². The van der Waals surface area contributed by atoms with Gasteiger partial charge in [0.1, 0.15) is 23.6 Å². The molecule has 0 bridgehead atoms. The SMILES string of the molecule is CCOC(C)OC(C)(/C=C/C=C(\C)C1OC(=O)C(C(=O)O)C(O[Si](CC)(CC)C(C)C)CCC(C)(OC(C)OCC)C(Oc2ccc([N+](=O)[O-])cc2)/C=C/C1C)CC1OC1C(C)C(CC)OC. The van der Waals surface area contributed by atoms with Crippen LogP contribution in [0.1, 0.15) is 123 Å². The fourth-order valence-electron chi connectivity index (χ4n) is 9.52. The second-order valence-electron chi connectivity index (χ2n) is 18.9. The summed E-state index contributed by atoms with van der Waals surface area (Å²) in [5, 5.41) is 22.5. The second kappa shape index (κ2) is 26.5. The van der Waals surface area contributed by atoms with Gasteiger partial charge in [0.05, 0.1) is 34.9 Å². The van der Waals surface area contributed by atoms with E-state index in [9.17, 15) is 24.8 Å². The molecule has 1 aromatic carbocycles. The number of rotatable bonds is 26. The molecule has 380 valence electrons. The van der Waals surface area contributed by atoms with E-state index < -0.39 is 79.1 Å². The van der Waals surface area contributed by atoms with Crippen LogP contribution in [0.25, 0.3) is 0 Å². The van der Waals surface area contributed by atoms with E-state index in [-0.39, 0.29) is 48.3 Å². The normalized spacial score (nSPS) is 28.6. The van der Waals surface area contributed by atoms with Crippen molar-refractivity contribution in [2.45, 2.75) is 201 Å². The number of hydrogen-bond donors (Lipinski definition) is 1. The standard InChI is InChI=1S/C51H83NO14Si/c1-16-41(58-15)36(10)47-43(62-47)32-50(13,64-37(11)59-17-2)30-21-22-34(8)46-35(9)23-28-44(61-40-26-24-39(25-27-40)52(56)57)51(14,65-38(12)60-18-3)31-29-42(45(48(53)54)49(55)63-46)66-67(19-4,20-5)33(6)7/h21-28,30,33,35-38,41-47H,16-20,29,31-32H2,1-15H3,(H,53,54)/b28-23+,30-21+,34-22+. The summed E-state index contributed by atoms with van der Waals surface area (Å²) >= 11 is 0. The highest BCUT2D eigenvalue weighted by atomic mass is 28.4. The molecule has 13 unspecified atom stereocenters. The Hall–Kier alpha value is -3.48. The van der Waals surface area contributed by atoms with Gasteiger partial charge >= 0.3 is 11.9 Å². The van der Waals surface area contributed by atoms with Gasteiger partial charge in [0.25, 0.3) is 5.69 Å². The smallest absolute Gasteiger partial charge is 0.323 e. The Morgan fingerprint density at radius 3 is 2.19 bits per heavy atom. The van der Waals surface area contributed by atoms with E-state index in [1.165, 1.54) is 24.3 Å². The molecule has 1 fully saturated rings. The predicted octanol–water partition coefficient (Wildman–Crippen LogP) is 10.8. The lowest BCUT2D eigenvalue weighted by atomic mass is 9.86. The van der Waals surface area contributed by atoms with Crippen molar-refractivity contribution in [1.29, 1.82) is 0 Å². The largest absolute Gasteiger partial charge is 0.483 e. The molecule has 16 heteroatoms. The first-order valence-corrected chi connectivity index (χ1v) is 26.8. The minimum absolute atomic E-state index is 0.0185. The number of nitro benzene ring substituents is 1. The van der Waals surface area contributed by atoms with Crippen LogP contribution in [-0.4, -0.2) is 111 Å². The summed E-state index contributed by atoms with van der Waals surface area (Å²) in [6, 6.07) is 7.22. The van der Waals surface area contributed by atoms with Gasteiger partial charge in [0.2, 0.25) is 0 Å². The van der Waals surface area contributed by atoms with Crippen LogP contribution in [0.5, 0.6) is 5.75 Å².